The number of carboxylic acid groups (broad SMARTS) is 1. The molecule has 0 aromatic heterocycles. The standard InChI is InChI=1S/C14H16N2O4/c1-15-12(17)11-7-4-8-16(11)13(18)9-5-2-3-6-10(9)14(19)20/h2-3,5-6,11H,4,7-8H2,1H3,(H,15,17)(H,19,20). The van der Waals surface area contributed by atoms with Gasteiger partial charge in [-0.05, 0) is 25.0 Å². The van der Waals surface area contributed by atoms with Gasteiger partial charge in [0.2, 0.25) is 5.91 Å². The van der Waals surface area contributed by atoms with Crippen LogP contribution in [0.1, 0.15) is 33.6 Å². The first-order valence-electron chi connectivity index (χ1n) is 6.41. The smallest absolute Gasteiger partial charge is 0.336 e. The van der Waals surface area contributed by atoms with Crippen LogP contribution < -0.4 is 5.32 Å². The number of nitrogens with zero attached hydrogens (tertiary/aromatic N) is 1. The fourth-order valence-electron chi connectivity index (χ4n) is 2.46. The van der Waals surface area contributed by atoms with Crippen molar-refractivity contribution in [1.82, 2.24) is 10.2 Å². The van der Waals surface area contributed by atoms with Crippen LogP contribution in [-0.4, -0.2) is 47.4 Å². The van der Waals surface area contributed by atoms with Crippen LogP contribution >= 0.6 is 0 Å². The highest BCUT2D eigenvalue weighted by molar-refractivity contribution is 6.06. The summed E-state index contributed by atoms with van der Waals surface area (Å²) < 4.78 is 0. The lowest BCUT2D eigenvalue weighted by molar-refractivity contribution is -0.124. The van der Waals surface area contributed by atoms with Crippen molar-refractivity contribution in [3.63, 3.8) is 0 Å². The fourth-order valence-corrected chi connectivity index (χ4v) is 2.46. The molecule has 6 heteroatoms. The van der Waals surface area contributed by atoms with E-state index in [1.807, 2.05) is 0 Å². The predicted molar refractivity (Wildman–Crippen MR) is 71.5 cm³/mol. The Morgan fingerprint density at radius 3 is 2.50 bits per heavy atom. The zero-order valence-electron chi connectivity index (χ0n) is 11.1. The second-order valence-corrected chi connectivity index (χ2v) is 4.62. The molecule has 1 aliphatic rings. The second kappa shape index (κ2) is 5.73. The predicted octanol–water partition coefficient (Wildman–Crippen LogP) is 0.735. The minimum absolute atomic E-state index is 0.0416. The highest BCUT2D eigenvalue weighted by Gasteiger charge is 2.35. The van der Waals surface area contributed by atoms with E-state index in [2.05, 4.69) is 5.32 Å². The Kier molecular flexibility index (Phi) is 4.02. The maximum Gasteiger partial charge on any atom is 0.336 e. The first-order chi connectivity index (χ1) is 9.56. The minimum atomic E-state index is -1.15. The molecular formula is C14H16N2O4. The zero-order chi connectivity index (χ0) is 14.7. The third-order valence-electron chi connectivity index (χ3n) is 3.45. The Bertz CT molecular complexity index is 556. The number of likely N-dealkylation sites (tertiary alicyclic amines) is 1. The van der Waals surface area contributed by atoms with Crippen molar-refractivity contribution < 1.29 is 19.5 Å². The van der Waals surface area contributed by atoms with E-state index in [0.717, 1.165) is 6.42 Å². The molecule has 2 amide bonds. The molecule has 20 heavy (non-hydrogen) atoms. The van der Waals surface area contributed by atoms with Crippen molar-refractivity contribution in [2.45, 2.75) is 18.9 Å². The molecule has 0 spiro atoms. The number of hydrogen-bond donors (Lipinski definition) is 2. The number of amides is 2. The van der Waals surface area contributed by atoms with Crippen molar-refractivity contribution in [2.24, 2.45) is 0 Å². The van der Waals surface area contributed by atoms with Crippen LogP contribution in [0, 0.1) is 0 Å². The Morgan fingerprint density at radius 2 is 1.90 bits per heavy atom. The third-order valence-corrected chi connectivity index (χ3v) is 3.45. The van der Waals surface area contributed by atoms with Gasteiger partial charge in [-0.2, -0.15) is 0 Å². The number of likely N-dealkylation sites (N-methyl/N-ethyl adjacent to an activating group) is 1. The van der Waals surface area contributed by atoms with Crippen LogP contribution in [0.25, 0.3) is 0 Å². The topological polar surface area (TPSA) is 86.7 Å². The largest absolute Gasteiger partial charge is 0.478 e. The molecule has 2 N–H and O–H groups in total. The van der Waals surface area contributed by atoms with Gasteiger partial charge in [0.25, 0.3) is 5.91 Å². The van der Waals surface area contributed by atoms with Crippen LogP contribution in [0.4, 0.5) is 0 Å². The molecule has 6 nitrogen and oxygen atoms in total. The number of rotatable bonds is 3. The SMILES string of the molecule is CNC(=O)C1CCCN1C(=O)c1ccccc1C(=O)O. The van der Waals surface area contributed by atoms with E-state index in [9.17, 15) is 14.4 Å². The Balaban J connectivity index is 2.32. The molecule has 0 saturated carbocycles. The zero-order valence-corrected chi connectivity index (χ0v) is 11.1. The van der Waals surface area contributed by atoms with Gasteiger partial charge in [-0.1, -0.05) is 12.1 Å². The highest BCUT2D eigenvalue weighted by Crippen LogP contribution is 2.22. The van der Waals surface area contributed by atoms with E-state index >= 15 is 0 Å². The van der Waals surface area contributed by atoms with Crippen LogP contribution in [0.5, 0.6) is 0 Å². The molecule has 0 bridgehead atoms. The Hall–Kier alpha value is -2.37. The summed E-state index contributed by atoms with van der Waals surface area (Å²) in [6, 6.07) is 5.53. The number of carboxylic acids is 1. The summed E-state index contributed by atoms with van der Waals surface area (Å²) in [5.41, 5.74) is 0.0795. The Morgan fingerprint density at radius 1 is 1.25 bits per heavy atom. The molecule has 1 aromatic rings. The van der Waals surface area contributed by atoms with Gasteiger partial charge in [-0.15, -0.1) is 0 Å². The molecule has 1 aromatic carbocycles. The van der Waals surface area contributed by atoms with E-state index in [1.54, 1.807) is 12.1 Å². The van der Waals surface area contributed by atoms with Crippen LogP contribution in [0.3, 0.4) is 0 Å². The third kappa shape index (κ3) is 2.49. The average Bonchev–Trinajstić information content (AvgIpc) is 2.95. The van der Waals surface area contributed by atoms with E-state index in [-0.39, 0.29) is 17.0 Å². The van der Waals surface area contributed by atoms with Gasteiger partial charge in [0.15, 0.2) is 0 Å². The molecule has 1 unspecified atom stereocenters. The molecule has 106 valence electrons. The van der Waals surface area contributed by atoms with Gasteiger partial charge in [0.1, 0.15) is 6.04 Å². The average molecular weight is 276 g/mol. The summed E-state index contributed by atoms with van der Waals surface area (Å²) in [6.45, 7) is 0.463. The molecule has 0 radical (unpaired) electrons. The van der Waals surface area contributed by atoms with Gasteiger partial charge < -0.3 is 15.3 Å². The number of carbonyl (C=O) groups is 3. The number of nitrogens with one attached hydrogen (secondary N) is 1. The molecule has 1 heterocycles. The lowest BCUT2D eigenvalue weighted by atomic mass is 10.1. The summed E-state index contributed by atoms with van der Waals surface area (Å²) in [4.78, 5) is 36.9. The number of hydrogen-bond acceptors (Lipinski definition) is 3. The van der Waals surface area contributed by atoms with Crippen molar-refractivity contribution in [3.8, 4) is 0 Å². The van der Waals surface area contributed by atoms with Crippen molar-refractivity contribution >= 4 is 17.8 Å². The van der Waals surface area contributed by atoms with Gasteiger partial charge in [0, 0.05) is 13.6 Å². The van der Waals surface area contributed by atoms with Gasteiger partial charge in [-0.25, -0.2) is 4.79 Å². The highest BCUT2D eigenvalue weighted by atomic mass is 16.4. The van der Waals surface area contributed by atoms with E-state index < -0.39 is 17.9 Å². The first kappa shape index (κ1) is 14.0. The fraction of sp³-hybridized carbons (Fsp3) is 0.357. The summed E-state index contributed by atoms with van der Waals surface area (Å²) in [7, 11) is 1.52. The molecule has 1 fully saturated rings. The summed E-state index contributed by atoms with van der Waals surface area (Å²) in [5.74, 6) is -1.78. The molecular weight excluding hydrogens is 260 g/mol. The molecule has 1 saturated heterocycles. The summed E-state index contributed by atoms with van der Waals surface area (Å²) >= 11 is 0. The number of aromatic carboxylic acids is 1. The maximum absolute atomic E-state index is 12.5. The number of carbonyl (C=O) groups excluding carboxylic acids is 2. The van der Waals surface area contributed by atoms with E-state index in [0.29, 0.717) is 13.0 Å². The van der Waals surface area contributed by atoms with Gasteiger partial charge in [-0.3, -0.25) is 9.59 Å². The molecule has 1 atom stereocenters. The Labute approximate surface area is 116 Å². The first-order valence-corrected chi connectivity index (χ1v) is 6.41. The summed E-state index contributed by atoms with van der Waals surface area (Å²) in [5, 5.41) is 11.7. The van der Waals surface area contributed by atoms with Crippen LogP contribution in [0.15, 0.2) is 24.3 Å². The lowest BCUT2D eigenvalue weighted by Gasteiger charge is -2.24. The molecule has 0 aliphatic carbocycles. The normalized spacial score (nSPS) is 17.9. The van der Waals surface area contributed by atoms with Crippen LogP contribution in [0.2, 0.25) is 0 Å². The monoisotopic (exact) mass is 276 g/mol. The van der Waals surface area contributed by atoms with Crippen molar-refractivity contribution in [2.75, 3.05) is 13.6 Å². The van der Waals surface area contributed by atoms with Crippen LogP contribution in [-0.2, 0) is 4.79 Å². The van der Waals surface area contributed by atoms with Crippen molar-refractivity contribution in [3.05, 3.63) is 35.4 Å². The summed E-state index contributed by atoms with van der Waals surface area (Å²) in [6.07, 6.45) is 1.33. The van der Waals surface area contributed by atoms with E-state index in [4.69, 9.17) is 5.11 Å². The van der Waals surface area contributed by atoms with E-state index in [1.165, 1.54) is 24.1 Å². The minimum Gasteiger partial charge on any atom is -0.478 e. The quantitative estimate of drug-likeness (QED) is 0.852. The maximum atomic E-state index is 12.5. The van der Waals surface area contributed by atoms with Crippen molar-refractivity contribution in [1.29, 1.82) is 0 Å². The van der Waals surface area contributed by atoms with Gasteiger partial charge >= 0.3 is 5.97 Å². The molecule has 1 aliphatic heterocycles. The second-order valence-electron chi connectivity index (χ2n) is 4.62. The molecule has 2 rings (SSSR count). The van der Waals surface area contributed by atoms with Gasteiger partial charge in [0.05, 0.1) is 11.1 Å². The number of benzene rings is 1. The lowest BCUT2D eigenvalue weighted by Crippen LogP contribution is -2.45.